The summed E-state index contributed by atoms with van der Waals surface area (Å²) >= 11 is 0. The van der Waals surface area contributed by atoms with E-state index >= 15 is 0 Å². The summed E-state index contributed by atoms with van der Waals surface area (Å²) in [7, 11) is 0. The Balaban J connectivity index is 3.19. The van der Waals surface area contributed by atoms with E-state index in [0.29, 0.717) is 0 Å². The van der Waals surface area contributed by atoms with Crippen molar-refractivity contribution in [1.29, 1.82) is 0 Å². The molecule has 19 heavy (non-hydrogen) atoms. The number of esters is 1. The summed E-state index contributed by atoms with van der Waals surface area (Å²) in [6.07, 6.45) is 1.17. The zero-order valence-corrected chi connectivity index (χ0v) is 10.8. The van der Waals surface area contributed by atoms with Crippen molar-refractivity contribution in [3.8, 4) is 0 Å². The quantitative estimate of drug-likeness (QED) is 0.589. The normalized spacial score (nSPS) is 10.9. The van der Waals surface area contributed by atoms with Crippen molar-refractivity contribution in [2.75, 3.05) is 13.2 Å². The van der Waals surface area contributed by atoms with Gasteiger partial charge in [0.15, 0.2) is 0 Å². The first-order valence-electron chi connectivity index (χ1n) is 5.77. The van der Waals surface area contributed by atoms with E-state index in [2.05, 4.69) is 16.3 Å². The molecular formula is C13H15F2NO3. The Kier molecular flexibility index (Phi) is 4.97. The van der Waals surface area contributed by atoms with E-state index in [0.717, 1.165) is 0 Å². The number of ether oxygens (including phenoxy) is 2. The van der Waals surface area contributed by atoms with E-state index in [-0.39, 0.29) is 24.5 Å². The van der Waals surface area contributed by atoms with Gasteiger partial charge in [0.2, 0.25) is 0 Å². The highest BCUT2D eigenvalue weighted by atomic mass is 19.3. The third kappa shape index (κ3) is 3.27. The van der Waals surface area contributed by atoms with Crippen LogP contribution < -0.4 is 0 Å². The van der Waals surface area contributed by atoms with Gasteiger partial charge in [-0.2, -0.15) is 8.78 Å². The average molecular weight is 271 g/mol. The minimum absolute atomic E-state index is 0.0117. The number of pyridine rings is 1. The van der Waals surface area contributed by atoms with Gasteiger partial charge in [-0.1, -0.05) is 6.58 Å². The van der Waals surface area contributed by atoms with Crippen molar-refractivity contribution in [1.82, 2.24) is 4.98 Å². The highest BCUT2D eigenvalue weighted by molar-refractivity contribution is 5.81. The molecule has 0 N–H and O–H groups in total. The molecule has 0 radical (unpaired) electrons. The van der Waals surface area contributed by atoms with E-state index in [1.165, 1.54) is 25.3 Å². The molecule has 0 atom stereocenters. The van der Waals surface area contributed by atoms with Crippen LogP contribution in [-0.4, -0.2) is 24.2 Å². The molecule has 0 saturated carbocycles. The summed E-state index contributed by atoms with van der Waals surface area (Å²) in [4.78, 5) is 14.9. The molecule has 1 aromatic heterocycles. The fourth-order valence-electron chi connectivity index (χ4n) is 1.45. The molecule has 6 heteroatoms. The monoisotopic (exact) mass is 271 g/mol. The van der Waals surface area contributed by atoms with Crippen molar-refractivity contribution in [2.24, 2.45) is 0 Å². The lowest BCUT2D eigenvalue weighted by Crippen LogP contribution is -2.30. The van der Waals surface area contributed by atoms with Gasteiger partial charge in [-0.05, 0) is 26.0 Å². The molecule has 0 aromatic carbocycles. The second-order valence-corrected chi connectivity index (χ2v) is 3.55. The smallest absolute Gasteiger partial charge is 0.385 e. The van der Waals surface area contributed by atoms with E-state index in [4.69, 9.17) is 4.74 Å². The lowest BCUT2D eigenvalue weighted by molar-refractivity contribution is -0.173. The number of hydrogen-bond donors (Lipinski definition) is 0. The van der Waals surface area contributed by atoms with Crippen molar-refractivity contribution in [2.45, 2.75) is 19.8 Å². The summed E-state index contributed by atoms with van der Waals surface area (Å²) in [6, 6.07) is 2.83. The predicted molar refractivity (Wildman–Crippen MR) is 65.4 cm³/mol. The van der Waals surface area contributed by atoms with Crippen LogP contribution in [-0.2, 0) is 20.2 Å². The molecule has 1 rings (SSSR count). The summed E-state index contributed by atoms with van der Waals surface area (Å²) in [5, 5.41) is 0. The highest BCUT2D eigenvalue weighted by Gasteiger charge is 2.46. The second kappa shape index (κ2) is 6.26. The van der Waals surface area contributed by atoms with Gasteiger partial charge < -0.3 is 9.47 Å². The van der Waals surface area contributed by atoms with Crippen molar-refractivity contribution < 1.29 is 23.0 Å². The molecule has 0 amide bonds. The molecule has 1 heterocycles. The Hall–Kier alpha value is -1.98. The molecule has 0 spiro atoms. The van der Waals surface area contributed by atoms with Gasteiger partial charge in [0.25, 0.3) is 0 Å². The topological polar surface area (TPSA) is 48.4 Å². The zero-order chi connectivity index (χ0) is 14.5. The summed E-state index contributed by atoms with van der Waals surface area (Å²) in [5.41, 5.74) is -0.727. The predicted octanol–water partition coefficient (Wildman–Crippen LogP) is 2.74. The molecule has 1 aromatic rings. The Morgan fingerprint density at radius 1 is 1.37 bits per heavy atom. The fraction of sp³-hybridized carbons (Fsp3) is 0.385. The van der Waals surface area contributed by atoms with Crippen LogP contribution in [0.5, 0.6) is 0 Å². The van der Waals surface area contributed by atoms with Crippen molar-refractivity contribution in [3.05, 3.63) is 36.2 Å². The van der Waals surface area contributed by atoms with Gasteiger partial charge in [-0.25, -0.2) is 4.79 Å². The number of hydrogen-bond acceptors (Lipinski definition) is 4. The van der Waals surface area contributed by atoms with Crippen LogP contribution in [0, 0.1) is 0 Å². The molecule has 0 saturated heterocycles. The maximum absolute atomic E-state index is 14.0. The van der Waals surface area contributed by atoms with Crippen LogP contribution in [0.1, 0.15) is 25.1 Å². The van der Waals surface area contributed by atoms with Crippen LogP contribution in [0.15, 0.2) is 24.9 Å². The minimum Gasteiger partial charge on any atom is -0.494 e. The van der Waals surface area contributed by atoms with Gasteiger partial charge in [-0.3, -0.25) is 4.98 Å². The molecule has 0 unspecified atom stereocenters. The van der Waals surface area contributed by atoms with E-state index in [1.807, 2.05) is 0 Å². The number of alkyl halides is 2. The van der Waals surface area contributed by atoms with Gasteiger partial charge in [0, 0.05) is 11.8 Å². The van der Waals surface area contributed by atoms with Crippen LogP contribution in [0.2, 0.25) is 0 Å². The SMILES string of the molecule is C=C(OCC)c1cccnc1C(F)(F)C(=O)OCC. The van der Waals surface area contributed by atoms with Crippen LogP contribution >= 0.6 is 0 Å². The Morgan fingerprint density at radius 3 is 2.58 bits per heavy atom. The van der Waals surface area contributed by atoms with Crippen LogP contribution in [0.3, 0.4) is 0 Å². The molecule has 0 bridgehead atoms. The first-order chi connectivity index (χ1) is 8.95. The van der Waals surface area contributed by atoms with E-state index in [9.17, 15) is 13.6 Å². The summed E-state index contributed by atoms with van der Waals surface area (Å²) < 4.78 is 37.4. The lowest BCUT2D eigenvalue weighted by atomic mass is 10.1. The standard InChI is InChI=1S/C13H15F2NO3/c1-4-18-9(3)10-7-6-8-16-11(10)13(14,15)12(17)19-5-2/h6-8H,3-5H2,1-2H3. The van der Waals surface area contributed by atoms with Crippen LogP contribution in [0.25, 0.3) is 5.76 Å². The third-order valence-corrected chi connectivity index (χ3v) is 2.26. The third-order valence-electron chi connectivity index (χ3n) is 2.26. The Labute approximate surface area is 110 Å². The lowest BCUT2D eigenvalue weighted by Gasteiger charge is -2.18. The number of nitrogens with zero attached hydrogens (tertiary/aromatic N) is 1. The number of aromatic nitrogens is 1. The molecule has 0 aliphatic carbocycles. The van der Waals surface area contributed by atoms with Gasteiger partial charge >= 0.3 is 11.9 Å². The fourth-order valence-corrected chi connectivity index (χ4v) is 1.45. The maximum atomic E-state index is 14.0. The van der Waals surface area contributed by atoms with Gasteiger partial charge in [0.05, 0.1) is 13.2 Å². The zero-order valence-electron chi connectivity index (χ0n) is 10.8. The van der Waals surface area contributed by atoms with Crippen molar-refractivity contribution >= 4 is 11.7 Å². The Bertz CT molecular complexity index is 475. The number of carbonyl (C=O) groups is 1. The maximum Gasteiger partial charge on any atom is 0.385 e. The summed E-state index contributed by atoms with van der Waals surface area (Å²) in [5.74, 6) is -5.44. The molecule has 0 fully saturated rings. The molecule has 0 aliphatic heterocycles. The highest BCUT2D eigenvalue weighted by Crippen LogP contribution is 2.33. The van der Waals surface area contributed by atoms with Crippen molar-refractivity contribution in [3.63, 3.8) is 0 Å². The molecule has 4 nitrogen and oxygen atoms in total. The number of halogens is 2. The first kappa shape index (κ1) is 15.1. The molecule has 0 aliphatic rings. The first-order valence-corrected chi connectivity index (χ1v) is 5.77. The van der Waals surface area contributed by atoms with E-state index in [1.54, 1.807) is 6.92 Å². The average Bonchev–Trinajstić information content (AvgIpc) is 2.39. The molecule has 104 valence electrons. The summed E-state index contributed by atoms with van der Waals surface area (Å²) in [6.45, 7) is 6.84. The van der Waals surface area contributed by atoms with E-state index < -0.39 is 17.6 Å². The van der Waals surface area contributed by atoms with Gasteiger partial charge in [0.1, 0.15) is 11.5 Å². The minimum atomic E-state index is -3.84. The van der Waals surface area contributed by atoms with Crippen LogP contribution in [0.4, 0.5) is 8.78 Å². The largest absolute Gasteiger partial charge is 0.494 e. The number of carbonyl (C=O) groups excluding carboxylic acids is 1. The Morgan fingerprint density at radius 2 is 2.00 bits per heavy atom. The number of rotatable bonds is 6. The molecular weight excluding hydrogens is 256 g/mol. The second-order valence-electron chi connectivity index (χ2n) is 3.55. The van der Waals surface area contributed by atoms with Gasteiger partial charge in [-0.15, -0.1) is 0 Å².